The molecule has 25 heavy (non-hydrogen) atoms. The second-order valence-electron chi connectivity index (χ2n) is 5.65. The van der Waals surface area contributed by atoms with Crippen molar-refractivity contribution in [3.05, 3.63) is 23.8 Å². The third kappa shape index (κ3) is 4.18. The summed E-state index contributed by atoms with van der Waals surface area (Å²) >= 11 is 0. The molecule has 1 heterocycles. The third-order valence-electron chi connectivity index (χ3n) is 3.82. The minimum absolute atomic E-state index is 0.155. The SMILES string of the molecule is CNC[C@@H](O)c1ccc(O[C@@H]2O[C@@H](C(=O)O)[C@@H](O)[C@H](O)[C@@H]2O)c(O)c1. The summed E-state index contributed by atoms with van der Waals surface area (Å²) in [6.45, 7) is 0.258. The largest absolute Gasteiger partial charge is 0.504 e. The van der Waals surface area contributed by atoms with Gasteiger partial charge in [0, 0.05) is 6.54 Å². The Bertz CT molecular complexity index is 611. The van der Waals surface area contributed by atoms with E-state index in [4.69, 9.17) is 14.6 Å². The number of benzene rings is 1. The zero-order chi connectivity index (χ0) is 18.7. The molecule has 0 radical (unpaired) electrons. The molecule has 0 unspecified atom stereocenters. The van der Waals surface area contributed by atoms with Gasteiger partial charge in [0.15, 0.2) is 17.6 Å². The predicted molar refractivity (Wildman–Crippen MR) is 81.9 cm³/mol. The van der Waals surface area contributed by atoms with Crippen LogP contribution in [0.1, 0.15) is 11.7 Å². The van der Waals surface area contributed by atoms with Gasteiger partial charge in [0.05, 0.1) is 6.10 Å². The lowest BCUT2D eigenvalue weighted by molar-refractivity contribution is -0.271. The van der Waals surface area contributed by atoms with Crippen LogP contribution in [0, 0.1) is 0 Å². The molecule has 6 atom stereocenters. The van der Waals surface area contributed by atoms with Gasteiger partial charge in [-0.05, 0) is 24.7 Å². The van der Waals surface area contributed by atoms with Gasteiger partial charge >= 0.3 is 5.97 Å². The first-order valence-electron chi connectivity index (χ1n) is 7.51. The van der Waals surface area contributed by atoms with E-state index >= 15 is 0 Å². The van der Waals surface area contributed by atoms with Crippen LogP contribution in [0.3, 0.4) is 0 Å². The Balaban J connectivity index is 2.16. The highest BCUT2D eigenvalue weighted by Gasteiger charge is 2.48. The van der Waals surface area contributed by atoms with Crippen molar-refractivity contribution in [3.63, 3.8) is 0 Å². The first-order valence-corrected chi connectivity index (χ1v) is 7.51. The topological polar surface area (TPSA) is 169 Å². The summed E-state index contributed by atoms with van der Waals surface area (Å²) in [5.74, 6) is -2.07. The highest BCUT2D eigenvalue weighted by atomic mass is 16.7. The van der Waals surface area contributed by atoms with Crippen LogP contribution in [0.4, 0.5) is 0 Å². The molecule has 0 aromatic heterocycles. The number of aliphatic hydroxyl groups excluding tert-OH is 4. The summed E-state index contributed by atoms with van der Waals surface area (Å²) in [6.07, 6.45) is -9.67. The van der Waals surface area contributed by atoms with E-state index in [2.05, 4.69) is 5.32 Å². The van der Waals surface area contributed by atoms with E-state index in [1.807, 2.05) is 0 Å². The number of phenolic OH excluding ortho intramolecular Hbond substituents is 1. The molecule has 1 fully saturated rings. The minimum Gasteiger partial charge on any atom is -0.504 e. The molecule has 0 bridgehead atoms. The molecule has 1 saturated heterocycles. The number of carboxylic acids is 1. The van der Waals surface area contributed by atoms with Crippen molar-refractivity contribution in [1.82, 2.24) is 5.32 Å². The summed E-state index contributed by atoms with van der Waals surface area (Å²) in [7, 11) is 1.65. The van der Waals surface area contributed by atoms with E-state index in [0.29, 0.717) is 5.56 Å². The van der Waals surface area contributed by atoms with E-state index in [1.54, 1.807) is 7.05 Å². The molecular formula is C15H21NO9. The fourth-order valence-corrected chi connectivity index (χ4v) is 2.43. The number of ether oxygens (including phenoxy) is 2. The normalized spacial score (nSPS) is 30.7. The Morgan fingerprint density at radius 3 is 2.52 bits per heavy atom. The molecule has 0 aliphatic carbocycles. The fourth-order valence-electron chi connectivity index (χ4n) is 2.43. The summed E-state index contributed by atoms with van der Waals surface area (Å²) in [5.41, 5.74) is 0.406. The Morgan fingerprint density at radius 1 is 1.28 bits per heavy atom. The number of rotatable bonds is 6. The molecular weight excluding hydrogens is 338 g/mol. The number of aliphatic carboxylic acids is 1. The van der Waals surface area contributed by atoms with Gasteiger partial charge in [0.25, 0.3) is 0 Å². The predicted octanol–water partition coefficient (Wildman–Crippen LogP) is -2.08. The highest BCUT2D eigenvalue weighted by Crippen LogP contribution is 2.32. The molecule has 1 aliphatic rings. The third-order valence-corrected chi connectivity index (χ3v) is 3.82. The number of likely N-dealkylation sites (N-methyl/N-ethyl adjacent to an activating group) is 1. The van der Waals surface area contributed by atoms with Gasteiger partial charge in [-0.2, -0.15) is 0 Å². The lowest BCUT2D eigenvalue weighted by Crippen LogP contribution is -2.61. The maximum absolute atomic E-state index is 11.0. The maximum atomic E-state index is 11.0. The Hall–Kier alpha value is -1.95. The van der Waals surface area contributed by atoms with Crippen LogP contribution in [0.2, 0.25) is 0 Å². The first-order chi connectivity index (χ1) is 11.8. The Labute approximate surface area is 142 Å². The van der Waals surface area contributed by atoms with Crippen molar-refractivity contribution in [2.45, 2.75) is 36.8 Å². The van der Waals surface area contributed by atoms with E-state index in [9.17, 15) is 30.3 Å². The van der Waals surface area contributed by atoms with Crippen LogP contribution >= 0.6 is 0 Å². The van der Waals surface area contributed by atoms with Crippen molar-refractivity contribution in [2.24, 2.45) is 0 Å². The van der Waals surface area contributed by atoms with E-state index < -0.39 is 42.8 Å². The van der Waals surface area contributed by atoms with E-state index in [0.717, 1.165) is 0 Å². The second kappa shape index (κ2) is 7.95. The number of aromatic hydroxyl groups is 1. The highest BCUT2D eigenvalue weighted by molar-refractivity contribution is 5.73. The van der Waals surface area contributed by atoms with Crippen molar-refractivity contribution < 1.29 is 44.9 Å². The zero-order valence-corrected chi connectivity index (χ0v) is 13.3. The molecule has 7 N–H and O–H groups in total. The average molecular weight is 359 g/mol. The molecule has 1 aromatic rings. The summed E-state index contributed by atoms with van der Waals surface area (Å²) in [6, 6.07) is 4.01. The smallest absolute Gasteiger partial charge is 0.335 e. The number of nitrogens with one attached hydrogen (secondary N) is 1. The second-order valence-corrected chi connectivity index (χ2v) is 5.65. The van der Waals surface area contributed by atoms with Gasteiger partial charge in [-0.3, -0.25) is 0 Å². The van der Waals surface area contributed by atoms with Crippen LogP contribution in [0.25, 0.3) is 0 Å². The van der Waals surface area contributed by atoms with Crippen molar-refractivity contribution in [1.29, 1.82) is 0 Å². The van der Waals surface area contributed by atoms with Gasteiger partial charge in [-0.15, -0.1) is 0 Å². The molecule has 1 aliphatic heterocycles. The van der Waals surface area contributed by atoms with E-state index in [1.165, 1.54) is 18.2 Å². The summed E-state index contributed by atoms with van der Waals surface area (Å²) in [4.78, 5) is 11.0. The van der Waals surface area contributed by atoms with Crippen molar-refractivity contribution >= 4 is 5.97 Å². The van der Waals surface area contributed by atoms with Gasteiger partial charge in [-0.1, -0.05) is 6.07 Å². The Kier molecular flexibility index (Phi) is 6.16. The molecule has 10 nitrogen and oxygen atoms in total. The van der Waals surface area contributed by atoms with Gasteiger partial charge in [-0.25, -0.2) is 4.79 Å². The summed E-state index contributed by atoms with van der Waals surface area (Å²) in [5, 5.41) is 60.8. The van der Waals surface area contributed by atoms with E-state index in [-0.39, 0.29) is 18.0 Å². The molecule has 0 spiro atoms. The molecule has 10 heteroatoms. The average Bonchev–Trinajstić information content (AvgIpc) is 2.56. The van der Waals surface area contributed by atoms with Gasteiger partial charge < -0.3 is 45.4 Å². The molecule has 0 amide bonds. The monoisotopic (exact) mass is 359 g/mol. The Morgan fingerprint density at radius 2 is 1.96 bits per heavy atom. The van der Waals surface area contributed by atoms with Crippen molar-refractivity contribution in [2.75, 3.05) is 13.6 Å². The lowest BCUT2D eigenvalue weighted by atomic mass is 9.99. The van der Waals surface area contributed by atoms with Crippen LogP contribution < -0.4 is 10.1 Å². The van der Waals surface area contributed by atoms with Crippen molar-refractivity contribution in [3.8, 4) is 11.5 Å². The van der Waals surface area contributed by atoms with Gasteiger partial charge in [0.2, 0.25) is 6.29 Å². The maximum Gasteiger partial charge on any atom is 0.335 e. The number of hydrogen-bond acceptors (Lipinski definition) is 9. The molecule has 0 saturated carbocycles. The summed E-state index contributed by atoms with van der Waals surface area (Å²) < 4.78 is 10.2. The molecule has 140 valence electrons. The van der Waals surface area contributed by atoms with Gasteiger partial charge in [0.1, 0.15) is 18.3 Å². The number of aliphatic hydroxyl groups is 4. The number of carboxylic acid groups (broad SMARTS) is 1. The van der Waals surface area contributed by atoms with Crippen LogP contribution in [0.5, 0.6) is 11.5 Å². The number of phenols is 1. The minimum atomic E-state index is -1.83. The number of carbonyl (C=O) groups is 1. The molecule has 1 aromatic carbocycles. The standard InChI is InChI=1S/C15H21NO9/c1-16-5-8(18)6-2-3-9(7(17)4-6)24-15-12(21)10(19)11(20)13(25-15)14(22)23/h2-4,8,10-13,15-21H,5H2,1H3,(H,22,23)/t8-,10+,11+,12+,13-,15-/m1/s1. The van der Waals surface area contributed by atoms with Crippen LogP contribution in [-0.2, 0) is 9.53 Å². The first kappa shape index (κ1) is 19.4. The van der Waals surface area contributed by atoms with Crippen LogP contribution in [-0.4, -0.2) is 80.9 Å². The number of hydrogen-bond donors (Lipinski definition) is 7. The quantitative estimate of drug-likeness (QED) is 0.299. The fraction of sp³-hybridized carbons (Fsp3) is 0.533. The van der Waals surface area contributed by atoms with Crippen LogP contribution in [0.15, 0.2) is 18.2 Å². The molecule has 2 rings (SSSR count). The lowest BCUT2D eigenvalue weighted by Gasteiger charge is -2.38. The zero-order valence-electron chi connectivity index (χ0n) is 13.3.